The number of primary sulfonamides is 1. The van der Waals surface area contributed by atoms with Gasteiger partial charge in [-0.2, -0.15) is 9.71 Å². The van der Waals surface area contributed by atoms with Gasteiger partial charge < -0.3 is 40.4 Å². The van der Waals surface area contributed by atoms with Crippen molar-refractivity contribution in [2.45, 2.75) is 43.0 Å². The summed E-state index contributed by atoms with van der Waals surface area (Å²) in [6.45, 7) is 7.08. The molecule has 0 aliphatic carbocycles. The first-order valence-corrected chi connectivity index (χ1v) is 27.7. The molecule has 0 bridgehead atoms. The van der Waals surface area contributed by atoms with Crippen LogP contribution in [0.25, 0.3) is 33.5 Å². The predicted molar refractivity (Wildman–Crippen MR) is 292 cm³/mol. The number of imidazole rings is 1. The van der Waals surface area contributed by atoms with E-state index in [0.29, 0.717) is 76.7 Å². The van der Waals surface area contributed by atoms with Crippen LogP contribution in [0.5, 0.6) is 6.01 Å². The zero-order valence-corrected chi connectivity index (χ0v) is 45.8. The molecule has 0 fully saturated rings. The van der Waals surface area contributed by atoms with E-state index >= 15 is 0 Å². The lowest BCUT2D eigenvalue weighted by atomic mass is 9.80. The highest BCUT2D eigenvalue weighted by Gasteiger charge is 2.40. The molecule has 9 rings (SSSR count). The Hall–Kier alpha value is -7.88. The van der Waals surface area contributed by atoms with Crippen LogP contribution in [-0.2, 0) is 50.4 Å². The molecule has 9 N–H and O–H groups in total. The number of hydrogen-bond donors (Lipinski definition) is 7. The summed E-state index contributed by atoms with van der Waals surface area (Å²) in [6, 6.07) is 30.0. The molecule has 79 heavy (non-hydrogen) atoms. The van der Waals surface area contributed by atoms with Crippen molar-refractivity contribution in [2.75, 3.05) is 52.1 Å². The molecule has 0 saturated carbocycles. The fourth-order valence-corrected chi connectivity index (χ4v) is 11.0. The number of aromatic amines is 1. The number of sulfonamides is 2. The maximum atomic E-state index is 12.9. The first kappa shape index (κ1) is 58.8. The van der Waals surface area contributed by atoms with Gasteiger partial charge in [-0.25, -0.2) is 41.2 Å². The number of carboxylic acid groups (broad SMARTS) is 1. The summed E-state index contributed by atoms with van der Waals surface area (Å²) in [5, 5.41) is 24.5. The summed E-state index contributed by atoms with van der Waals surface area (Å²) in [4.78, 5) is 55.1. The van der Waals surface area contributed by atoms with Crippen molar-refractivity contribution < 1.29 is 59.8 Å². The number of ether oxygens (including phenoxy) is 4. The quantitative estimate of drug-likeness (QED) is 0.0424. The van der Waals surface area contributed by atoms with E-state index in [-0.39, 0.29) is 46.6 Å². The number of methoxy groups -OCH3 is 1. The van der Waals surface area contributed by atoms with Gasteiger partial charge in [-0.15, -0.1) is 0 Å². The minimum atomic E-state index is -4.07. The van der Waals surface area contributed by atoms with E-state index in [0.717, 1.165) is 28.3 Å². The van der Waals surface area contributed by atoms with Crippen LogP contribution in [0.4, 0.5) is 5.69 Å². The zero-order valence-electron chi connectivity index (χ0n) is 42.7. The summed E-state index contributed by atoms with van der Waals surface area (Å²) < 4.78 is 75.8. The molecule has 2 aliphatic rings. The molecule has 2 aromatic heterocycles. The van der Waals surface area contributed by atoms with E-state index in [9.17, 15) is 41.1 Å². The normalized spacial score (nSPS) is 14.6. The highest BCUT2D eigenvalue weighted by atomic mass is 35.5. The zero-order chi connectivity index (χ0) is 57.2. The average Bonchev–Trinajstić information content (AvgIpc) is 4.08. The number of halogens is 2. The Bertz CT molecular complexity index is 3790. The SMILES string of the molecule is CCOC(=O)C1=C(COCCN)NC(C)=C(C(=O)OC)C1c1ccccc1Cl.CCOc1nc2cccc(C(=O)O)c2n1Cc1ccc(-c2ccccc2-c2noc(=O)[nH]2)cc1.NS(=O)(=O)c1cc2c(cc1Cl)NCNS2(=O)=O. The Balaban J connectivity index is 0.000000181. The molecule has 0 radical (unpaired) electrons. The number of aromatic carboxylic acids is 1. The van der Waals surface area contributed by atoms with Crippen molar-refractivity contribution in [3.8, 4) is 28.5 Å². The Kier molecular flexibility index (Phi) is 19.1. The first-order valence-electron chi connectivity index (χ1n) is 23.9. The maximum Gasteiger partial charge on any atom is 0.439 e. The number of benzene rings is 5. The number of anilines is 1. The van der Waals surface area contributed by atoms with Crippen LogP contribution in [-0.4, -0.2) is 106 Å². The number of carbonyl (C=O) groups excluding carboxylic acids is 2. The number of rotatable bonds is 16. The van der Waals surface area contributed by atoms with Crippen molar-refractivity contribution >= 4 is 77.9 Å². The number of nitrogens with one attached hydrogen (secondary N) is 4. The number of dihydropyridines is 1. The lowest BCUT2D eigenvalue weighted by Gasteiger charge is -2.31. The van der Waals surface area contributed by atoms with Crippen LogP contribution >= 0.6 is 23.2 Å². The fourth-order valence-electron chi connectivity index (χ4n) is 8.52. The third-order valence-electron chi connectivity index (χ3n) is 11.9. The van der Waals surface area contributed by atoms with Gasteiger partial charge in [-0.3, -0.25) is 14.1 Å². The van der Waals surface area contributed by atoms with Crippen molar-refractivity contribution in [2.24, 2.45) is 10.9 Å². The molecular formula is C52H53Cl2N9O14S2. The second-order valence-electron chi connectivity index (χ2n) is 17.0. The minimum absolute atomic E-state index is 0.0143. The van der Waals surface area contributed by atoms with E-state index in [1.807, 2.05) is 55.5 Å². The summed E-state index contributed by atoms with van der Waals surface area (Å²) >= 11 is 12.1. The molecular weight excluding hydrogens is 1110 g/mol. The molecule has 0 spiro atoms. The lowest BCUT2D eigenvalue weighted by molar-refractivity contribution is -0.139. The third kappa shape index (κ3) is 13.5. The van der Waals surface area contributed by atoms with E-state index in [1.165, 1.54) is 13.2 Å². The number of allylic oxidation sites excluding steroid dienone is 1. The van der Waals surface area contributed by atoms with Crippen molar-refractivity contribution in [3.05, 3.63) is 163 Å². The second-order valence-corrected chi connectivity index (χ2v) is 21.0. The number of para-hydroxylation sites is 1. The van der Waals surface area contributed by atoms with Crippen molar-refractivity contribution in [3.63, 3.8) is 0 Å². The van der Waals surface area contributed by atoms with Gasteiger partial charge in [0.15, 0.2) is 5.82 Å². The van der Waals surface area contributed by atoms with Crippen LogP contribution in [0.3, 0.4) is 0 Å². The maximum absolute atomic E-state index is 12.9. The third-order valence-corrected chi connectivity index (χ3v) is 15.1. The standard InChI is InChI=1S/C25H20N4O5.C20H25ClN2O5.C7H8ClN3O4S2/c1-2-33-24-26-20-9-5-8-19(23(30)31)21(20)29(24)14-15-10-12-16(13-11-15)17-6-3-4-7-18(17)22-27-25(32)34-28-22;1-4-28-20(25)18-15(11-27-10-9-22)23-12(2)16(19(24)26-3)17(18)13-7-5-6-8-14(13)21;8-4-1-5-7(2-6(4)16(9,12)13)17(14,15)11-3-10-5/h3-13H,2,14H2,1H3,(H,30,31)(H,27,28,32);5-8,17,23H,4,9-11,22H2,1-3H3;1-2,10-11H,3H2,(H2,9,12,13). The molecule has 1 unspecified atom stereocenters. The number of nitrogens with two attached hydrogens (primary N) is 2. The van der Waals surface area contributed by atoms with Gasteiger partial charge >= 0.3 is 23.7 Å². The van der Waals surface area contributed by atoms with Gasteiger partial charge in [0.1, 0.15) is 9.79 Å². The largest absolute Gasteiger partial charge is 0.478 e. The Morgan fingerprint density at radius 1 is 0.911 bits per heavy atom. The number of carboxylic acids is 1. The fraction of sp³-hybridized carbons (Fsp3) is 0.231. The molecule has 23 nitrogen and oxygen atoms in total. The summed E-state index contributed by atoms with van der Waals surface area (Å²) in [5.41, 5.74) is 12.7. The molecule has 5 aromatic carbocycles. The molecule has 416 valence electrons. The topological polar surface area (TPSA) is 341 Å². The smallest absolute Gasteiger partial charge is 0.439 e. The number of H-pyrrole nitrogens is 1. The molecule has 4 heterocycles. The van der Waals surface area contributed by atoms with Gasteiger partial charge in [0.2, 0.25) is 20.0 Å². The average molecular weight is 1160 g/mol. The van der Waals surface area contributed by atoms with E-state index < -0.39 is 54.5 Å². The summed E-state index contributed by atoms with van der Waals surface area (Å²) in [7, 11) is -6.51. The van der Waals surface area contributed by atoms with E-state index in [1.54, 1.807) is 60.9 Å². The van der Waals surface area contributed by atoms with Gasteiger partial charge in [0.25, 0.3) is 6.01 Å². The highest BCUT2D eigenvalue weighted by Crippen LogP contribution is 2.42. The van der Waals surface area contributed by atoms with Crippen LogP contribution in [0.2, 0.25) is 10.0 Å². The van der Waals surface area contributed by atoms with Crippen LogP contribution in [0.1, 0.15) is 48.2 Å². The second kappa shape index (κ2) is 25.7. The van der Waals surface area contributed by atoms with Gasteiger partial charge in [0, 0.05) is 22.8 Å². The first-order chi connectivity index (χ1) is 37.7. The molecule has 0 amide bonds. The van der Waals surface area contributed by atoms with Crippen LogP contribution < -0.4 is 36.7 Å². The number of fused-ring (bicyclic) bond motifs is 2. The minimum Gasteiger partial charge on any atom is -0.478 e. The molecule has 2 aliphatic heterocycles. The summed E-state index contributed by atoms with van der Waals surface area (Å²) in [5.74, 6) is -3.14. The van der Waals surface area contributed by atoms with E-state index in [2.05, 4.69) is 35.0 Å². The van der Waals surface area contributed by atoms with Crippen LogP contribution in [0.15, 0.2) is 145 Å². The predicted octanol–water partition coefficient (Wildman–Crippen LogP) is 6.11. The number of nitrogens with zero attached hydrogens (tertiary/aromatic N) is 3. The van der Waals surface area contributed by atoms with Crippen molar-refractivity contribution in [1.82, 2.24) is 29.7 Å². The molecule has 0 saturated heterocycles. The number of aromatic nitrogens is 4. The Morgan fingerprint density at radius 3 is 2.25 bits per heavy atom. The highest BCUT2D eigenvalue weighted by molar-refractivity contribution is 7.90. The van der Waals surface area contributed by atoms with Crippen LogP contribution in [0, 0.1) is 0 Å². The van der Waals surface area contributed by atoms with Gasteiger partial charge in [-0.1, -0.05) is 101 Å². The number of hydrogen-bond acceptors (Lipinski definition) is 18. The Labute approximate surface area is 462 Å². The van der Waals surface area contributed by atoms with Gasteiger partial charge in [-0.05, 0) is 73.4 Å². The monoisotopic (exact) mass is 1160 g/mol. The van der Waals surface area contributed by atoms with Crippen molar-refractivity contribution in [1.29, 1.82) is 0 Å². The Morgan fingerprint density at radius 2 is 1.62 bits per heavy atom. The van der Waals surface area contributed by atoms with Gasteiger partial charge in [0.05, 0.1) is 96.8 Å². The lowest BCUT2D eigenvalue weighted by Crippen LogP contribution is -2.35. The molecule has 27 heteroatoms. The number of esters is 2. The molecule has 7 aromatic rings. The number of carbonyl (C=O) groups is 3. The molecule has 1 atom stereocenters. The van der Waals surface area contributed by atoms with E-state index in [4.69, 9.17) is 53.0 Å². The summed E-state index contributed by atoms with van der Waals surface area (Å²) in [6.07, 6.45) is 0.